The van der Waals surface area contributed by atoms with Gasteiger partial charge in [-0.15, -0.1) is 0 Å². The standard InChI is InChI=1S/C26H29N5O3/c1-16(33)31-15-26(9-11-30(12-10-26)25-28-19-5-3-4-6-20(19)29-25)23-18-8-7-17(34-2)13-21(18)27-24(23)22(31)14-32/h3-8,13,22,27,32H,9-12,14-15H2,1-2H3,(H,28,29)/t22-/m0/s1. The fourth-order valence-electron chi connectivity index (χ4n) is 5.98. The monoisotopic (exact) mass is 459 g/mol. The summed E-state index contributed by atoms with van der Waals surface area (Å²) in [5, 5.41) is 11.4. The number of aliphatic hydroxyl groups excluding tert-OH is 1. The van der Waals surface area contributed by atoms with Gasteiger partial charge in [-0.1, -0.05) is 12.1 Å². The van der Waals surface area contributed by atoms with Gasteiger partial charge in [0.25, 0.3) is 0 Å². The first-order valence-corrected chi connectivity index (χ1v) is 11.8. The molecular formula is C26H29N5O3. The fraction of sp³-hybridized carbons (Fsp3) is 0.385. The van der Waals surface area contributed by atoms with Gasteiger partial charge in [-0.3, -0.25) is 4.79 Å². The van der Waals surface area contributed by atoms with Gasteiger partial charge in [-0.2, -0.15) is 0 Å². The third-order valence-corrected chi connectivity index (χ3v) is 7.72. The number of methoxy groups -OCH3 is 1. The number of imidazole rings is 1. The molecule has 6 rings (SSSR count). The van der Waals surface area contributed by atoms with Crippen LogP contribution in [0.1, 0.15) is 37.1 Å². The molecule has 1 saturated heterocycles. The SMILES string of the molecule is COc1ccc2c3c([nH]c2c1)[C@H](CO)N(C(C)=O)CC31CCN(c2nc3ccccc3[nH]2)CC1. The number of carbonyl (C=O) groups excluding carboxylic acids is 1. The lowest BCUT2D eigenvalue weighted by molar-refractivity contribution is -0.134. The molecule has 0 bridgehead atoms. The van der Waals surface area contributed by atoms with Crippen molar-refractivity contribution in [3.05, 3.63) is 53.7 Å². The van der Waals surface area contributed by atoms with Crippen LogP contribution in [-0.2, 0) is 10.2 Å². The summed E-state index contributed by atoms with van der Waals surface area (Å²) in [4.78, 5) is 28.6. The molecule has 34 heavy (non-hydrogen) atoms. The van der Waals surface area contributed by atoms with Crippen molar-refractivity contribution in [1.29, 1.82) is 0 Å². The molecule has 4 heterocycles. The van der Waals surface area contributed by atoms with Crippen molar-refractivity contribution in [2.24, 2.45) is 0 Å². The van der Waals surface area contributed by atoms with Crippen LogP contribution in [0.15, 0.2) is 42.5 Å². The van der Waals surface area contributed by atoms with Crippen LogP contribution in [-0.4, -0.2) is 64.2 Å². The molecule has 1 spiro atoms. The number of aromatic amines is 2. The van der Waals surface area contributed by atoms with Crippen molar-refractivity contribution in [3.8, 4) is 5.75 Å². The molecule has 0 unspecified atom stereocenters. The second-order valence-corrected chi connectivity index (χ2v) is 9.52. The highest BCUT2D eigenvalue weighted by molar-refractivity contribution is 5.89. The van der Waals surface area contributed by atoms with Crippen molar-refractivity contribution in [2.75, 3.05) is 38.3 Å². The zero-order valence-electron chi connectivity index (χ0n) is 19.5. The van der Waals surface area contributed by atoms with Gasteiger partial charge in [0.1, 0.15) is 5.75 Å². The van der Waals surface area contributed by atoms with E-state index >= 15 is 0 Å². The van der Waals surface area contributed by atoms with Gasteiger partial charge in [0, 0.05) is 54.6 Å². The fourth-order valence-corrected chi connectivity index (χ4v) is 5.98. The van der Waals surface area contributed by atoms with Crippen LogP contribution >= 0.6 is 0 Å². The highest BCUT2D eigenvalue weighted by Gasteiger charge is 2.48. The number of hydrogen-bond acceptors (Lipinski definition) is 5. The van der Waals surface area contributed by atoms with Crippen LogP contribution < -0.4 is 9.64 Å². The van der Waals surface area contributed by atoms with Crippen LogP contribution in [0.5, 0.6) is 5.75 Å². The Hall–Kier alpha value is -3.52. The third kappa shape index (κ3) is 3.09. The molecule has 2 aliphatic heterocycles. The predicted molar refractivity (Wildman–Crippen MR) is 131 cm³/mol. The highest BCUT2D eigenvalue weighted by Crippen LogP contribution is 2.49. The van der Waals surface area contributed by atoms with Crippen LogP contribution in [0.25, 0.3) is 21.9 Å². The first-order chi connectivity index (χ1) is 16.5. The average molecular weight is 460 g/mol. The van der Waals surface area contributed by atoms with E-state index in [0.717, 1.165) is 65.3 Å². The number of rotatable bonds is 3. The van der Waals surface area contributed by atoms with E-state index in [0.29, 0.717) is 6.54 Å². The van der Waals surface area contributed by atoms with Gasteiger partial charge < -0.3 is 29.6 Å². The maximum absolute atomic E-state index is 12.7. The Morgan fingerprint density at radius 2 is 1.97 bits per heavy atom. The highest BCUT2D eigenvalue weighted by atomic mass is 16.5. The van der Waals surface area contributed by atoms with Crippen LogP contribution in [0.2, 0.25) is 0 Å². The Labute approximate surface area is 197 Å². The van der Waals surface area contributed by atoms with Crippen LogP contribution in [0.4, 0.5) is 5.95 Å². The molecule has 0 radical (unpaired) electrons. The van der Waals surface area contributed by atoms with Crippen molar-refractivity contribution >= 4 is 33.8 Å². The van der Waals surface area contributed by atoms with E-state index in [1.54, 1.807) is 14.0 Å². The molecule has 2 aromatic heterocycles. The third-order valence-electron chi connectivity index (χ3n) is 7.72. The van der Waals surface area contributed by atoms with Crippen molar-refractivity contribution < 1.29 is 14.6 Å². The Bertz CT molecular complexity index is 1350. The molecular weight excluding hydrogens is 430 g/mol. The maximum Gasteiger partial charge on any atom is 0.220 e. The van der Waals surface area contributed by atoms with Crippen molar-refractivity contribution in [3.63, 3.8) is 0 Å². The topological polar surface area (TPSA) is 97.5 Å². The number of para-hydroxylation sites is 2. The summed E-state index contributed by atoms with van der Waals surface area (Å²) in [5.74, 6) is 1.66. The van der Waals surface area contributed by atoms with E-state index < -0.39 is 0 Å². The molecule has 1 fully saturated rings. The first-order valence-electron chi connectivity index (χ1n) is 11.8. The summed E-state index contributed by atoms with van der Waals surface area (Å²) in [7, 11) is 1.66. The van der Waals surface area contributed by atoms with Gasteiger partial charge in [0.15, 0.2) is 0 Å². The molecule has 0 saturated carbocycles. The molecule has 1 amide bonds. The number of aromatic nitrogens is 3. The molecule has 1 atom stereocenters. The number of carbonyl (C=O) groups is 1. The summed E-state index contributed by atoms with van der Waals surface area (Å²) >= 11 is 0. The molecule has 4 aromatic rings. The summed E-state index contributed by atoms with van der Waals surface area (Å²) in [5.41, 5.74) is 4.98. The number of aliphatic hydroxyl groups is 1. The lowest BCUT2D eigenvalue weighted by Gasteiger charge is -2.50. The number of amides is 1. The number of H-pyrrole nitrogens is 2. The van der Waals surface area contributed by atoms with E-state index in [4.69, 9.17) is 9.72 Å². The zero-order chi connectivity index (χ0) is 23.4. The number of nitrogens with zero attached hydrogens (tertiary/aromatic N) is 3. The van der Waals surface area contributed by atoms with Gasteiger partial charge in [-0.05, 0) is 42.7 Å². The van der Waals surface area contributed by atoms with Gasteiger partial charge in [0.2, 0.25) is 11.9 Å². The number of anilines is 1. The number of nitrogens with one attached hydrogen (secondary N) is 2. The second-order valence-electron chi connectivity index (χ2n) is 9.52. The molecule has 2 aliphatic rings. The smallest absolute Gasteiger partial charge is 0.220 e. The Kier molecular flexibility index (Phi) is 4.81. The quantitative estimate of drug-likeness (QED) is 0.436. The minimum absolute atomic E-state index is 0.0139. The molecule has 2 aromatic carbocycles. The summed E-state index contributed by atoms with van der Waals surface area (Å²) < 4.78 is 5.44. The lowest BCUT2D eigenvalue weighted by Crippen LogP contribution is -2.55. The Balaban J connectivity index is 1.41. The molecule has 0 aliphatic carbocycles. The minimum Gasteiger partial charge on any atom is -0.497 e. The number of piperidine rings is 1. The normalized spacial score (nSPS) is 19.7. The van der Waals surface area contributed by atoms with Gasteiger partial charge >= 0.3 is 0 Å². The summed E-state index contributed by atoms with van der Waals surface area (Å²) in [6.45, 7) is 3.75. The van der Waals surface area contributed by atoms with E-state index in [1.165, 1.54) is 5.56 Å². The molecule has 176 valence electrons. The Morgan fingerprint density at radius 3 is 2.68 bits per heavy atom. The zero-order valence-corrected chi connectivity index (χ0v) is 19.5. The minimum atomic E-state index is -0.370. The molecule has 8 nitrogen and oxygen atoms in total. The number of hydrogen-bond donors (Lipinski definition) is 3. The van der Waals surface area contributed by atoms with Gasteiger partial charge in [-0.25, -0.2) is 4.98 Å². The van der Waals surface area contributed by atoms with Gasteiger partial charge in [0.05, 0.1) is 30.8 Å². The van der Waals surface area contributed by atoms with E-state index in [2.05, 4.69) is 20.9 Å². The number of benzene rings is 2. The summed E-state index contributed by atoms with van der Waals surface area (Å²) in [6.07, 6.45) is 1.77. The first kappa shape index (κ1) is 21.0. The van der Waals surface area contributed by atoms with Crippen molar-refractivity contribution in [1.82, 2.24) is 19.9 Å². The van der Waals surface area contributed by atoms with Crippen LogP contribution in [0.3, 0.4) is 0 Å². The van der Waals surface area contributed by atoms with E-state index in [-0.39, 0.29) is 24.0 Å². The number of ether oxygens (including phenoxy) is 1. The number of fused-ring (bicyclic) bond motifs is 5. The summed E-state index contributed by atoms with van der Waals surface area (Å²) in [6, 6.07) is 13.8. The Morgan fingerprint density at radius 1 is 1.18 bits per heavy atom. The maximum atomic E-state index is 12.7. The molecule has 3 N–H and O–H groups in total. The van der Waals surface area contributed by atoms with Crippen LogP contribution in [0, 0.1) is 0 Å². The molecule has 8 heteroatoms. The largest absolute Gasteiger partial charge is 0.497 e. The van der Waals surface area contributed by atoms with Crippen molar-refractivity contribution in [2.45, 2.75) is 31.2 Å². The lowest BCUT2D eigenvalue weighted by atomic mass is 9.68. The second kappa shape index (κ2) is 7.77. The average Bonchev–Trinajstić information content (AvgIpc) is 3.46. The van der Waals surface area contributed by atoms with E-state index in [1.807, 2.05) is 41.3 Å². The van der Waals surface area contributed by atoms with E-state index in [9.17, 15) is 9.90 Å². The predicted octanol–water partition coefficient (Wildman–Crippen LogP) is 3.49.